The monoisotopic (exact) mass is 439 g/mol. The second-order valence-electron chi connectivity index (χ2n) is 8.71. The number of rotatable bonds is 4. The molecule has 4 heterocycles. The maximum absolute atomic E-state index is 13.0. The molecule has 10 nitrogen and oxygen atoms in total. The van der Waals surface area contributed by atoms with Gasteiger partial charge in [0.2, 0.25) is 17.7 Å². The average Bonchev–Trinajstić information content (AvgIpc) is 3.26. The molecule has 10 heteroatoms. The zero-order valence-electron chi connectivity index (χ0n) is 17.6. The first-order valence-electron chi connectivity index (χ1n) is 11.1. The molecule has 4 aliphatic rings. The number of nitrogens with zero attached hydrogens (tertiary/aromatic N) is 2. The van der Waals surface area contributed by atoms with Gasteiger partial charge in [0.1, 0.15) is 12.1 Å². The van der Waals surface area contributed by atoms with Crippen LogP contribution in [0.5, 0.6) is 0 Å². The average molecular weight is 439 g/mol. The molecule has 0 aromatic heterocycles. The molecule has 1 aromatic rings. The number of hydrogen-bond donors (Lipinski definition) is 3. The standard InChI is InChI=1S/C22H25N5O5/c28-18-4-3-17(19(29)25-18)27-20(30)14-2-1-12(11-15(14)21(27)31)24-16-7-10-26(22(16)32)13-5-8-23-9-6-13/h1-2,11,13,16-17,23-24H,3-10H2,(H,25,28,29). The number of hydrogen-bond acceptors (Lipinski definition) is 7. The third-order valence-electron chi connectivity index (χ3n) is 6.77. The summed E-state index contributed by atoms with van der Waals surface area (Å²) < 4.78 is 0. The Morgan fingerprint density at radius 2 is 1.66 bits per heavy atom. The van der Waals surface area contributed by atoms with E-state index < -0.39 is 29.7 Å². The molecule has 0 radical (unpaired) electrons. The topological polar surface area (TPSA) is 128 Å². The van der Waals surface area contributed by atoms with E-state index in [1.807, 2.05) is 4.90 Å². The SMILES string of the molecule is O=C1CCC(N2C(=O)c3ccc(NC4CCN(C5CCNCC5)C4=O)cc3C2=O)C(=O)N1. The fourth-order valence-electron chi connectivity index (χ4n) is 5.08. The van der Waals surface area contributed by atoms with Gasteiger partial charge in [0.15, 0.2) is 0 Å². The molecule has 3 saturated heterocycles. The Morgan fingerprint density at radius 3 is 2.41 bits per heavy atom. The summed E-state index contributed by atoms with van der Waals surface area (Å²) >= 11 is 0. The number of carbonyl (C=O) groups is 5. The molecule has 3 fully saturated rings. The van der Waals surface area contributed by atoms with Crippen LogP contribution in [-0.4, -0.2) is 77.1 Å². The molecule has 1 aromatic carbocycles. The highest BCUT2D eigenvalue weighted by molar-refractivity contribution is 6.23. The molecular formula is C22H25N5O5. The first kappa shape index (κ1) is 20.6. The number of imide groups is 2. The zero-order valence-corrected chi connectivity index (χ0v) is 17.6. The Balaban J connectivity index is 1.30. The van der Waals surface area contributed by atoms with Gasteiger partial charge in [-0.3, -0.25) is 34.2 Å². The van der Waals surface area contributed by atoms with Crippen molar-refractivity contribution >= 4 is 35.2 Å². The van der Waals surface area contributed by atoms with Crippen molar-refractivity contribution in [3.8, 4) is 0 Å². The van der Waals surface area contributed by atoms with Gasteiger partial charge in [0.05, 0.1) is 11.1 Å². The van der Waals surface area contributed by atoms with Crippen molar-refractivity contribution in [2.75, 3.05) is 25.0 Å². The summed E-state index contributed by atoms with van der Waals surface area (Å²) in [6.07, 6.45) is 2.77. The van der Waals surface area contributed by atoms with Crippen LogP contribution in [-0.2, 0) is 14.4 Å². The minimum Gasteiger partial charge on any atom is -0.374 e. The highest BCUT2D eigenvalue weighted by atomic mass is 16.2. The fraction of sp³-hybridized carbons (Fsp3) is 0.500. The third-order valence-corrected chi connectivity index (χ3v) is 6.77. The van der Waals surface area contributed by atoms with E-state index >= 15 is 0 Å². The summed E-state index contributed by atoms with van der Waals surface area (Å²) in [5.41, 5.74) is 1.00. The predicted octanol–water partition coefficient (Wildman–Crippen LogP) is -0.147. The number of piperidine rings is 2. The molecule has 0 spiro atoms. The Morgan fingerprint density at radius 1 is 0.906 bits per heavy atom. The molecule has 32 heavy (non-hydrogen) atoms. The Hall–Kier alpha value is -3.27. The van der Waals surface area contributed by atoms with Crippen molar-refractivity contribution in [3.05, 3.63) is 29.3 Å². The van der Waals surface area contributed by atoms with Crippen LogP contribution in [0.3, 0.4) is 0 Å². The molecule has 3 N–H and O–H groups in total. The lowest BCUT2D eigenvalue weighted by Gasteiger charge is -2.31. The number of carbonyl (C=O) groups excluding carboxylic acids is 5. The number of amides is 5. The van der Waals surface area contributed by atoms with Crippen LogP contribution in [0.1, 0.15) is 52.8 Å². The number of likely N-dealkylation sites (tertiary alicyclic amines) is 1. The Labute approximate surface area is 184 Å². The first-order chi connectivity index (χ1) is 15.4. The summed E-state index contributed by atoms with van der Waals surface area (Å²) in [7, 11) is 0. The van der Waals surface area contributed by atoms with E-state index in [-0.39, 0.29) is 42.0 Å². The van der Waals surface area contributed by atoms with Gasteiger partial charge in [0.25, 0.3) is 11.8 Å². The molecule has 4 aliphatic heterocycles. The Kier molecular flexibility index (Phi) is 5.16. The van der Waals surface area contributed by atoms with Crippen molar-refractivity contribution in [2.24, 2.45) is 0 Å². The summed E-state index contributed by atoms with van der Waals surface area (Å²) in [4.78, 5) is 65.2. The van der Waals surface area contributed by atoms with Gasteiger partial charge in [-0.05, 0) is 57.0 Å². The summed E-state index contributed by atoms with van der Waals surface area (Å²) in [6, 6.07) is 3.69. The molecule has 2 unspecified atom stereocenters. The molecule has 168 valence electrons. The van der Waals surface area contributed by atoms with E-state index in [1.54, 1.807) is 18.2 Å². The van der Waals surface area contributed by atoms with Gasteiger partial charge in [-0.2, -0.15) is 0 Å². The van der Waals surface area contributed by atoms with E-state index in [2.05, 4.69) is 16.0 Å². The minimum absolute atomic E-state index is 0.0602. The van der Waals surface area contributed by atoms with Gasteiger partial charge in [0, 0.05) is 24.7 Å². The maximum Gasteiger partial charge on any atom is 0.262 e. The van der Waals surface area contributed by atoms with Crippen molar-refractivity contribution in [1.29, 1.82) is 0 Å². The lowest BCUT2D eigenvalue weighted by atomic mass is 10.0. The van der Waals surface area contributed by atoms with Crippen molar-refractivity contribution in [2.45, 2.75) is 50.2 Å². The molecule has 5 rings (SSSR count). The van der Waals surface area contributed by atoms with Gasteiger partial charge in [-0.25, -0.2) is 0 Å². The summed E-state index contributed by atoms with van der Waals surface area (Å²) in [5.74, 6) is -2.08. The van der Waals surface area contributed by atoms with Crippen LogP contribution in [0, 0.1) is 0 Å². The second kappa shape index (κ2) is 8.01. The van der Waals surface area contributed by atoms with Crippen LogP contribution < -0.4 is 16.0 Å². The number of fused-ring (bicyclic) bond motifs is 1. The lowest BCUT2D eigenvalue weighted by Crippen LogP contribution is -2.54. The smallest absolute Gasteiger partial charge is 0.262 e. The molecular weight excluding hydrogens is 414 g/mol. The van der Waals surface area contributed by atoms with Crippen LogP contribution in [0.2, 0.25) is 0 Å². The predicted molar refractivity (Wildman–Crippen MR) is 113 cm³/mol. The van der Waals surface area contributed by atoms with Crippen molar-refractivity contribution in [3.63, 3.8) is 0 Å². The van der Waals surface area contributed by atoms with Crippen molar-refractivity contribution in [1.82, 2.24) is 20.4 Å². The largest absolute Gasteiger partial charge is 0.374 e. The van der Waals surface area contributed by atoms with Gasteiger partial charge in [-0.1, -0.05) is 0 Å². The van der Waals surface area contributed by atoms with Gasteiger partial charge < -0.3 is 15.5 Å². The number of anilines is 1. The molecule has 0 saturated carbocycles. The highest BCUT2D eigenvalue weighted by Crippen LogP contribution is 2.30. The normalized spacial score (nSPS) is 26.6. The minimum atomic E-state index is -0.994. The second-order valence-corrected chi connectivity index (χ2v) is 8.71. The van der Waals surface area contributed by atoms with Gasteiger partial charge >= 0.3 is 0 Å². The summed E-state index contributed by atoms with van der Waals surface area (Å²) in [5, 5.41) is 8.72. The van der Waals surface area contributed by atoms with Crippen molar-refractivity contribution < 1.29 is 24.0 Å². The van der Waals surface area contributed by atoms with E-state index in [1.165, 1.54) is 0 Å². The van der Waals surface area contributed by atoms with E-state index in [0.29, 0.717) is 18.7 Å². The molecule has 2 atom stereocenters. The number of benzene rings is 1. The van der Waals surface area contributed by atoms with E-state index in [4.69, 9.17) is 0 Å². The highest BCUT2D eigenvalue weighted by Gasteiger charge is 2.45. The van der Waals surface area contributed by atoms with Crippen LogP contribution in [0.4, 0.5) is 5.69 Å². The van der Waals surface area contributed by atoms with Crippen LogP contribution in [0.15, 0.2) is 18.2 Å². The third kappa shape index (κ3) is 3.44. The molecule has 0 aliphatic carbocycles. The maximum atomic E-state index is 13.0. The van der Waals surface area contributed by atoms with E-state index in [0.717, 1.165) is 30.8 Å². The number of nitrogens with one attached hydrogen (secondary N) is 3. The first-order valence-corrected chi connectivity index (χ1v) is 11.1. The fourth-order valence-corrected chi connectivity index (χ4v) is 5.08. The quantitative estimate of drug-likeness (QED) is 0.557. The zero-order chi connectivity index (χ0) is 22.4. The van der Waals surface area contributed by atoms with Crippen LogP contribution in [0.25, 0.3) is 0 Å². The Bertz CT molecular complexity index is 1020. The molecule has 0 bridgehead atoms. The summed E-state index contributed by atoms with van der Waals surface area (Å²) in [6.45, 7) is 2.53. The van der Waals surface area contributed by atoms with Gasteiger partial charge in [-0.15, -0.1) is 0 Å². The van der Waals surface area contributed by atoms with Crippen LogP contribution >= 0.6 is 0 Å². The van der Waals surface area contributed by atoms with E-state index in [9.17, 15) is 24.0 Å². The molecule has 5 amide bonds. The lowest BCUT2D eigenvalue weighted by molar-refractivity contribution is -0.136.